The van der Waals surface area contributed by atoms with Gasteiger partial charge >= 0.3 is 0 Å². The maximum Gasteiger partial charge on any atom is 0.238 e. The number of hydrogen-bond acceptors (Lipinski definition) is 5. The highest BCUT2D eigenvalue weighted by molar-refractivity contribution is 7.92. The monoisotopic (exact) mass is 309 g/mol. The molecule has 1 aromatic rings. The van der Waals surface area contributed by atoms with Crippen molar-refractivity contribution in [2.24, 2.45) is 0 Å². The largest absolute Gasteiger partial charge is 0.336 e. The standard InChI is InChI=1S/C9H9Cl2N3O3S/c10-8-6(3-12-9(11)13-8)4-14-1-2-18(16,17)5-7(14)15/h3H,1-2,4-5H2. The molecule has 18 heavy (non-hydrogen) atoms. The summed E-state index contributed by atoms with van der Waals surface area (Å²) in [6.07, 6.45) is 1.42. The van der Waals surface area contributed by atoms with Gasteiger partial charge in [0.1, 0.15) is 10.9 Å². The first-order valence-corrected chi connectivity index (χ1v) is 7.60. The van der Waals surface area contributed by atoms with Crippen molar-refractivity contribution in [2.75, 3.05) is 18.1 Å². The summed E-state index contributed by atoms with van der Waals surface area (Å²) < 4.78 is 22.5. The summed E-state index contributed by atoms with van der Waals surface area (Å²) in [6, 6.07) is 0. The van der Waals surface area contributed by atoms with Gasteiger partial charge in [0.05, 0.1) is 12.3 Å². The van der Waals surface area contributed by atoms with Gasteiger partial charge < -0.3 is 4.90 Å². The predicted octanol–water partition coefficient (Wildman–Crippen LogP) is 0.540. The Morgan fingerprint density at radius 2 is 2.11 bits per heavy atom. The van der Waals surface area contributed by atoms with Crippen molar-refractivity contribution in [2.45, 2.75) is 6.54 Å². The number of carbonyl (C=O) groups is 1. The Morgan fingerprint density at radius 1 is 1.39 bits per heavy atom. The SMILES string of the molecule is O=C1CS(=O)(=O)CCN1Cc1cnc(Cl)nc1Cl. The smallest absolute Gasteiger partial charge is 0.238 e. The van der Waals surface area contributed by atoms with Crippen LogP contribution < -0.4 is 0 Å². The lowest BCUT2D eigenvalue weighted by Gasteiger charge is -2.26. The van der Waals surface area contributed by atoms with Crippen LogP contribution in [0.5, 0.6) is 0 Å². The highest BCUT2D eigenvalue weighted by Crippen LogP contribution is 2.17. The molecule has 9 heteroatoms. The van der Waals surface area contributed by atoms with Crippen LogP contribution in [0.1, 0.15) is 5.56 Å². The second-order valence-electron chi connectivity index (χ2n) is 3.86. The lowest BCUT2D eigenvalue weighted by atomic mass is 10.3. The van der Waals surface area contributed by atoms with Crippen LogP contribution in [-0.4, -0.2) is 47.2 Å². The molecule has 0 unspecified atom stereocenters. The molecule has 0 radical (unpaired) electrons. The van der Waals surface area contributed by atoms with Crippen molar-refractivity contribution >= 4 is 38.9 Å². The molecule has 1 aromatic heterocycles. The third-order valence-corrected chi connectivity index (χ3v) is 4.51. The summed E-state index contributed by atoms with van der Waals surface area (Å²) in [6.45, 7) is 0.338. The van der Waals surface area contributed by atoms with E-state index in [9.17, 15) is 13.2 Å². The van der Waals surface area contributed by atoms with Gasteiger partial charge in [-0.3, -0.25) is 4.79 Å². The van der Waals surface area contributed by atoms with Gasteiger partial charge in [-0.25, -0.2) is 18.4 Å². The minimum absolute atomic E-state index is 0.0244. The van der Waals surface area contributed by atoms with Gasteiger partial charge in [0.25, 0.3) is 0 Å². The van der Waals surface area contributed by atoms with Gasteiger partial charge in [0, 0.05) is 18.3 Å². The maximum absolute atomic E-state index is 11.6. The number of amides is 1. The average molecular weight is 310 g/mol. The molecular formula is C9H9Cl2N3O3S. The molecule has 1 fully saturated rings. The maximum atomic E-state index is 11.6. The van der Waals surface area contributed by atoms with Crippen molar-refractivity contribution in [3.8, 4) is 0 Å². The molecule has 1 aliphatic rings. The molecule has 0 saturated carbocycles. The van der Waals surface area contributed by atoms with Gasteiger partial charge in [0.2, 0.25) is 11.2 Å². The molecule has 0 N–H and O–H groups in total. The number of aromatic nitrogens is 2. The zero-order valence-electron chi connectivity index (χ0n) is 9.14. The second-order valence-corrected chi connectivity index (χ2v) is 6.74. The van der Waals surface area contributed by atoms with Crippen LogP contribution >= 0.6 is 23.2 Å². The van der Waals surface area contributed by atoms with Crippen molar-refractivity contribution in [3.63, 3.8) is 0 Å². The summed E-state index contributed by atoms with van der Waals surface area (Å²) in [5.74, 6) is -0.934. The van der Waals surface area contributed by atoms with Crippen LogP contribution in [0, 0.1) is 0 Å². The van der Waals surface area contributed by atoms with E-state index in [0.29, 0.717) is 5.56 Å². The van der Waals surface area contributed by atoms with Crippen molar-refractivity contribution < 1.29 is 13.2 Å². The average Bonchev–Trinajstić information content (AvgIpc) is 2.24. The molecule has 2 rings (SSSR count). The summed E-state index contributed by atoms with van der Waals surface area (Å²) in [7, 11) is -3.25. The van der Waals surface area contributed by atoms with Gasteiger partial charge in [-0.05, 0) is 11.6 Å². The van der Waals surface area contributed by atoms with Crippen molar-refractivity contribution in [1.82, 2.24) is 14.9 Å². The lowest BCUT2D eigenvalue weighted by Crippen LogP contribution is -2.44. The minimum atomic E-state index is -3.25. The van der Waals surface area contributed by atoms with Gasteiger partial charge in [-0.2, -0.15) is 0 Å². The minimum Gasteiger partial charge on any atom is -0.336 e. The fourth-order valence-corrected chi connectivity index (χ4v) is 3.14. The molecule has 2 heterocycles. The van der Waals surface area contributed by atoms with E-state index in [2.05, 4.69) is 9.97 Å². The van der Waals surface area contributed by atoms with E-state index in [1.54, 1.807) is 0 Å². The fraction of sp³-hybridized carbons (Fsp3) is 0.444. The van der Waals surface area contributed by atoms with E-state index in [1.807, 2.05) is 0 Å². The molecule has 98 valence electrons. The molecule has 6 nitrogen and oxygen atoms in total. The first-order chi connectivity index (χ1) is 8.37. The van der Waals surface area contributed by atoms with Crippen molar-refractivity contribution in [3.05, 3.63) is 22.2 Å². The lowest BCUT2D eigenvalue weighted by molar-refractivity contribution is -0.129. The molecule has 0 spiro atoms. The van der Waals surface area contributed by atoms with Crippen LogP contribution in [0.15, 0.2) is 6.20 Å². The van der Waals surface area contributed by atoms with E-state index >= 15 is 0 Å². The second kappa shape index (κ2) is 4.99. The third kappa shape index (κ3) is 3.09. The zero-order valence-corrected chi connectivity index (χ0v) is 11.5. The molecule has 1 amide bonds. The number of rotatable bonds is 2. The molecule has 0 bridgehead atoms. The molecule has 0 atom stereocenters. The van der Waals surface area contributed by atoms with Gasteiger partial charge in [-0.1, -0.05) is 11.6 Å². The number of hydrogen-bond donors (Lipinski definition) is 0. The summed E-state index contributed by atoms with van der Waals surface area (Å²) in [5, 5.41) is 0.188. The highest BCUT2D eigenvalue weighted by atomic mass is 35.5. The highest BCUT2D eigenvalue weighted by Gasteiger charge is 2.29. The Balaban J connectivity index is 2.13. The van der Waals surface area contributed by atoms with Crippen LogP contribution in [-0.2, 0) is 21.2 Å². The van der Waals surface area contributed by atoms with E-state index < -0.39 is 21.5 Å². The van der Waals surface area contributed by atoms with E-state index in [-0.39, 0.29) is 29.3 Å². The topological polar surface area (TPSA) is 80.2 Å². The van der Waals surface area contributed by atoms with Gasteiger partial charge in [-0.15, -0.1) is 0 Å². The molecule has 1 aliphatic heterocycles. The number of sulfone groups is 1. The normalized spacial score (nSPS) is 19.0. The summed E-state index contributed by atoms with van der Waals surface area (Å²) in [4.78, 5) is 20.6. The molecule has 0 aromatic carbocycles. The van der Waals surface area contributed by atoms with Gasteiger partial charge in [0.15, 0.2) is 9.84 Å². The Morgan fingerprint density at radius 3 is 2.72 bits per heavy atom. The fourth-order valence-electron chi connectivity index (χ4n) is 1.57. The Labute approximate surface area is 114 Å². The first-order valence-electron chi connectivity index (χ1n) is 5.02. The Kier molecular flexibility index (Phi) is 3.74. The zero-order chi connectivity index (χ0) is 13.3. The first kappa shape index (κ1) is 13.5. The Bertz CT molecular complexity index is 591. The number of halogens is 2. The third-order valence-electron chi connectivity index (χ3n) is 2.51. The molecule has 1 saturated heterocycles. The van der Waals surface area contributed by atoms with Crippen molar-refractivity contribution in [1.29, 1.82) is 0 Å². The van der Waals surface area contributed by atoms with Crippen LogP contribution in [0.25, 0.3) is 0 Å². The van der Waals surface area contributed by atoms with Crippen LogP contribution in [0.3, 0.4) is 0 Å². The predicted molar refractivity (Wildman–Crippen MR) is 66.1 cm³/mol. The Hall–Kier alpha value is -0.920. The molecule has 0 aliphatic carbocycles. The number of carbonyl (C=O) groups excluding carboxylic acids is 1. The quantitative estimate of drug-likeness (QED) is 0.588. The molecular weight excluding hydrogens is 301 g/mol. The van der Waals surface area contributed by atoms with E-state index in [4.69, 9.17) is 23.2 Å². The van der Waals surface area contributed by atoms with Crippen LogP contribution in [0.2, 0.25) is 10.4 Å². The number of nitrogens with zero attached hydrogens (tertiary/aromatic N) is 3. The van der Waals surface area contributed by atoms with E-state index in [1.165, 1.54) is 11.1 Å². The van der Waals surface area contributed by atoms with E-state index in [0.717, 1.165) is 0 Å². The summed E-state index contributed by atoms with van der Waals surface area (Å²) >= 11 is 11.4. The van der Waals surface area contributed by atoms with Crippen LogP contribution in [0.4, 0.5) is 0 Å². The summed E-state index contributed by atoms with van der Waals surface area (Å²) in [5.41, 5.74) is 0.536.